The molecule has 9 aromatic carbocycles. The van der Waals surface area contributed by atoms with Gasteiger partial charge in [-0.05, 0) is 70.4 Å². The summed E-state index contributed by atoms with van der Waals surface area (Å²) in [6.45, 7) is 0. The number of furan rings is 1. The molecule has 0 N–H and O–H groups in total. The van der Waals surface area contributed by atoms with Crippen LogP contribution >= 0.6 is 0 Å². The molecule has 13 rings (SSSR count). The number of fused-ring (bicyclic) bond motifs is 10. The highest BCUT2D eigenvalue weighted by Crippen LogP contribution is 2.43. The number of nitrogens with zero attached hydrogens (tertiary/aromatic N) is 5. The molecule has 0 atom stereocenters. The highest BCUT2D eigenvalue weighted by atomic mass is 16.3. The Kier molecular flexibility index (Phi) is 7.21. The Hall–Kier alpha value is -8.35. The summed E-state index contributed by atoms with van der Waals surface area (Å²) in [6.07, 6.45) is 0. The Morgan fingerprint density at radius 3 is 1.62 bits per heavy atom. The minimum Gasteiger partial charge on any atom is -0.454 e. The number of hydrogen-bond donors (Lipinski definition) is 0. The zero-order chi connectivity index (χ0) is 40.0. The monoisotopic (exact) mass is 779 g/mol. The Labute approximate surface area is 349 Å². The third-order valence-corrected chi connectivity index (χ3v) is 12.2. The first-order valence-electron chi connectivity index (χ1n) is 20.5. The first kappa shape index (κ1) is 33.6. The third-order valence-electron chi connectivity index (χ3n) is 12.2. The van der Waals surface area contributed by atoms with Gasteiger partial charge in [-0.3, -0.25) is 4.57 Å². The van der Waals surface area contributed by atoms with E-state index in [1.54, 1.807) is 0 Å². The van der Waals surface area contributed by atoms with E-state index in [0.29, 0.717) is 17.6 Å². The second-order valence-corrected chi connectivity index (χ2v) is 15.6. The zero-order valence-electron chi connectivity index (χ0n) is 32.7. The average Bonchev–Trinajstić information content (AvgIpc) is 3.99. The molecule has 284 valence electrons. The summed E-state index contributed by atoms with van der Waals surface area (Å²) >= 11 is 0. The Bertz CT molecular complexity index is 3820. The van der Waals surface area contributed by atoms with Crippen LogP contribution in [-0.4, -0.2) is 24.1 Å². The first-order valence-corrected chi connectivity index (χ1v) is 20.5. The molecule has 0 unspecified atom stereocenters. The quantitative estimate of drug-likeness (QED) is 0.175. The van der Waals surface area contributed by atoms with Crippen LogP contribution in [0.5, 0.6) is 0 Å². The number of para-hydroxylation sites is 4. The standard InChI is InChI=1S/C55H33N5O/c1-2-14-34(15-3-1)35-26-28-36(29-27-35)53-56-54(58-55(57-53)60-46-23-11-6-18-39(46)40-19-7-12-24-47(40)60)43-30-31-48(52-51(43)42-21-9-13-25-50(42)61-52)59-45-22-10-8-20-41(45)44-32-37-16-4-5-17-38(37)33-49(44)59/h1-33H. The van der Waals surface area contributed by atoms with E-state index in [4.69, 9.17) is 19.4 Å². The van der Waals surface area contributed by atoms with Gasteiger partial charge in [-0.25, -0.2) is 4.98 Å². The van der Waals surface area contributed by atoms with E-state index < -0.39 is 0 Å². The van der Waals surface area contributed by atoms with Crippen molar-refractivity contribution < 1.29 is 4.42 Å². The molecule has 0 bridgehead atoms. The summed E-state index contributed by atoms with van der Waals surface area (Å²) in [5, 5.41) is 9.00. The molecule has 13 aromatic rings. The Morgan fingerprint density at radius 2 is 0.902 bits per heavy atom. The van der Waals surface area contributed by atoms with E-state index in [9.17, 15) is 0 Å². The first-order chi connectivity index (χ1) is 30.2. The van der Waals surface area contributed by atoms with E-state index in [2.05, 4.69) is 191 Å². The van der Waals surface area contributed by atoms with Crippen molar-refractivity contribution in [3.8, 4) is 45.5 Å². The summed E-state index contributed by atoms with van der Waals surface area (Å²) in [7, 11) is 0. The van der Waals surface area contributed by atoms with Crippen molar-refractivity contribution in [3.63, 3.8) is 0 Å². The van der Waals surface area contributed by atoms with Crippen LogP contribution in [0.15, 0.2) is 205 Å². The van der Waals surface area contributed by atoms with E-state index in [1.165, 1.54) is 21.5 Å². The van der Waals surface area contributed by atoms with E-state index in [-0.39, 0.29) is 0 Å². The van der Waals surface area contributed by atoms with E-state index >= 15 is 0 Å². The van der Waals surface area contributed by atoms with Crippen LogP contribution in [0.4, 0.5) is 0 Å². The second-order valence-electron chi connectivity index (χ2n) is 15.6. The largest absolute Gasteiger partial charge is 0.454 e. The topological polar surface area (TPSA) is 61.7 Å². The van der Waals surface area contributed by atoms with Crippen molar-refractivity contribution in [1.82, 2.24) is 24.1 Å². The molecule has 0 fully saturated rings. The minimum atomic E-state index is 0.545. The third kappa shape index (κ3) is 5.12. The maximum Gasteiger partial charge on any atom is 0.238 e. The maximum absolute atomic E-state index is 6.95. The molecule has 0 aliphatic heterocycles. The van der Waals surface area contributed by atoms with Crippen LogP contribution in [-0.2, 0) is 0 Å². The SMILES string of the molecule is c1ccc(-c2ccc(-c3nc(-c4ccc(-n5c6ccccc6c6cc7ccccc7cc65)c5oc6ccccc6c45)nc(-n4c5ccccc5c5ccccc54)n3)cc2)cc1. The molecule has 4 heterocycles. The van der Waals surface area contributed by atoms with Crippen LogP contribution < -0.4 is 0 Å². The van der Waals surface area contributed by atoms with Crippen molar-refractivity contribution in [2.24, 2.45) is 0 Å². The number of benzene rings is 9. The van der Waals surface area contributed by atoms with Crippen LogP contribution in [0.2, 0.25) is 0 Å². The van der Waals surface area contributed by atoms with Crippen molar-refractivity contribution >= 4 is 76.3 Å². The average molecular weight is 780 g/mol. The normalized spacial score (nSPS) is 11.9. The summed E-state index contributed by atoms with van der Waals surface area (Å²) in [5.74, 6) is 1.69. The molecule has 0 radical (unpaired) electrons. The molecule has 6 heteroatoms. The molecule has 6 nitrogen and oxygen atoms in total. The predicted molar refractivity (Wildman–Crippen MR) is 250 cm³/mol. The maximum atomic E-state index is 6.95. The van der Waals surface area contributed by atoms with Gasteiger partial charge >= 0.3 is 0 Å². The van der Waals surface area contributed by atoms with Crippen molar-refractivity contribution in [3.05, 3.63) is 200 Å². The molecule has 61 heavy (non-hydrogen) atoms. The fraction of sp³-hybridized carbons (Fsp3) is 0. The fourth-order valence-corrected chi connectivity index (χ4v) is 9.39. The molecule has 0 saturated carbocycles. The second kappa shape index (κ2) is 13.1. The van der Waals surface area contributed by atoms with E-state index in [0.717, 1.165) is 82.7 Å². The summed E-state index contributed by atoms with van der Waals surface area (Å²) in [6, 6.07) is 70.2. The highest BCUT2D eigenvalue weighted by Gasteiger charge is 2.24. The van der Waals surface area contributed by atoms with Gasteiger partial charge in [0.15, 0.2) is 17.2 Å². The van der Waals surface area contributed by atoms with Gasteiger partial charge in [-0.1, -0.05) is 152 Å². The van der Waals surface area contributed by atoms with Gasteiger partial charge in [0.1, 0.15) is 5.58 Å². The Balaban J connectivity index is 1.10. The van der Waals surface area contributed by atoms with Crippen LogP contribution in [0.25, 0.3) is 122 Å². The smallest absolute Gasteiger partial charge is 0.238 e. The summed E-state index contributed by atoms with van der Waals surface area (Å²) < 4.78 is 11.5. The van der Waals surface area contributed by atoms with Gasteiger partial charge in [-0.15, -0.1) is 0 Å². The molecule has 4 aromatic heterocycles. The zero-order valence-corrected chi connectivity index (χ0v) is 32.7. The van der Waals surface area contributed by atoms with Crippen LogP contribution in [0, 0.1) is 0 Å². The molecule has 0 spiro atoms. The lowest BCUT2D eigenvalue weighted by atomic mass is 10.0. The van der Waals surface area contributed by atoms with Gasteiger partial charge in [0, 0.05) is 43.4 Å². The van der Waals surface area contributed by atoms with Gasteiger partial charge in [0.2, 0.25) is 5.95 Å². The highest BCUT2D eigenvalue weighted by molar-refractivity contribution is 6.18. The number of aromatic nitrogens is 5. The lowest BCUT2D eigenvalue weighted by Gasteiger charge is -2.13. The Morgan fingerprint density at radius 1 is 0.361 bits per heavy atom. The molecule has 0 saturated heterocycles. The number of hydrogen-bond acceptors (Lipinski definition) is 4. The molecular weight excluding hydrogens is 747 g/mol. The predicted octanol–water partition coefficient (Wildman–Crippen LogP) is 14.1. The molecule has 0 amide bonds. The van der Waals surface area contributed by atoms with Crippen LogP contribution in [0.3, 0.4) is 0 Å². The van der Waals surface area contributed by atoms with Gasteiger partial charge in [-0.2, -0.15) is 9.97 Å². The van der Waals surface area contributed by atoms with Crippen molar-refractivity contribution in [2.75, 3.05) is 0 Å². The van der Waals surface area contributed by atoms with Crippen molar-refractivity contribution in [1.29, 1.82) is 0 Å². The summed E-state index contributed by atoms with van der Waals surface area (Å²) in [4.78, 5) is 16.0. The molecule has 0 aliphatic carbocycles. The summed E-state index contributed by atoms with van der Waals surface area (Å²) in [5.41, 5.74) is 10.8. The lowest BCUT2D eigenvalue weighted by molar-refractivity contribution is 0.666. The fourth-order valence-electron chi connectivity index (χ4n) is 9.39. The molecule has 0 aliphatic rings. The van der Waals surface area contributed by atoms with E-state index in [1.807, 2.05) is 18.2 Å². The number of rotatable bonds is 5. The van der Waals surface area contributed by atoms with Gasteiger partial charge < -0.3 is 8.98 Å². The minimum absolute atomic E-state index is 0.545. The van der Waals surface area contributed by atoms with Crippen molar-refractivity contribution in [2.45, 2.75) is 0 Å². The van der Waals surface area contributed by atoms with Crippen LogP contribution in [0.1, 0.15) is 0 Å². The van der Waals surface area contributed by atoms with Gasteiger partial charge in [0.05, 0.1) is 27.8 Å². The lowest BCUT2D eigenvalue weighted by Crippen LogP contribution is -2.06. The molecular formula is C55H33N5O. The van der Waals surface area contributed by atoms with Gasteiger partial charge in [0.25, 0.3) is 0 Å².